The molecule has 2 aromatic carbocycles. The smallest absolute Gasteiger partial charge is 0.247 e. The van der Waals surface area contributed by atoms with Gasteiger partial charge in [-0.1, -0.05) is 35.3 Å². The third-order valence-electron chi connectivity index (χ3n) is 4.94. The molecule has 0 radical (unpaired) electrons. The number of hydrogen-bond donors (Lipinski definition) is 1. The predicted octanol–water partition coefficient (Wildman–Crippen LogP) is 4.33. The zero-order valence-corrected chi connectivity index (χ0v) is 18.8. The number of morpholine rings is 1. The molecule has 0 spiro atoms. The van der Waals surface area contributed by atoms with Gasteiger partial charge in [0.15, 0.2) is 0 Å². The number of carbonyl (C=O) groups is 2. The van der Waals surface area contributed by atoms with Crippen LogP contribution >= 0.6 is 23.2 Å². The molecule has 0 aliphatic carbocycles. The average molecular weight is 462 g/mol. The first-order valence-corrected chi connectivity index (χ1v) is 10.9. The van der Waals surface area contributed by atoms with E-state index in [1.54, 1.807) is 24.3 Å². The van der Waals surface area contributed by atoms with Crippen molar-refractivity contribution in [2.24, 2.45) is 0 Å². The molecular weight excluding hydrogens is 437 g/mol. The molecule has 0 atom stereocenters. The van der Waals surface area contributed by atoms with Gasteiger partial charge in [-0.2, -0.15) is 0 Å². The van der Waals surface area contributed by atoms with E-state index in [1.807, 2.05) is 31.2 Å². The van der Waals surface area contributed by atoms with E-state index in [0.717, 1.165) is 32.0 Å². The number of likely N-dealkylation sites (N-methyl/N-ethyl adjacent to an activating group) is 1. The molecular formula is C23H25Cl2N3O3. The Kier molecular flexibility index (Phi) is 8.35. The zero-order valence-electron chi connectivity index (χ0n) is 17.3. The number of halogens is 2. The topological polar surface area (TPSA) is 61.9 Å². The quantitative estimate of drug-likeness (QED) is 0.623. The van der Waals surface area contributed by atoms with Crippen LogP contribution in [-0.2, 0) is 14.3 Å². The SMILES string of the molecule is CCN(CC(=O)Nc1ccc(N2CCOCC2)cc1)C(=O)/C=C/c1cccc(Cl)c1Cl. The van der Waals surface area contributed by atoms with Crippen LogP contribution in [0, 0.1) is 0 Å². The fourth-order valence-electron chi connectivity index (χ4n) is 3.21. The van der Waals surface area contributed by atoms with Crippen molar-refractivity contribution in [3.8, 4) is 0 Å². The summed E-state index contributed by atoms with van der Waals surface area (Å²) in [4.78, 5) is 28.7. The summed E-state index contributed by atoms with van der Waals surface area (Å²) < 4.78 is 5.37. The summed E-state index contributed by atoms with van der Waals surface area (Å²) in [6, 6.07) is 12.9. The summed E-state index contributed by atoms with van der Waals surface area (Å²) in [5.74, 6) is -0.542. The van der Waals surface area contributed by atoms with Gasteiger partial charge in [0, 0.05) is 37.1 Å². The third kappa shape index (κ3) is 6.47. The molecule has 2 amide bonds. The second-order valence-corrected chi connectivity index (χ2v) is 7.81. The molecule has 8 heteroatoms. The Hall–Kier alpha value is -2.54. The van der Waals surface area contributed by atoms with Crippen LogP contribution in [-0.4, -0.2) is 56.1 Å². The molecule has 1 fully saturated rings. The number of nitrogens with zero attached hydrogens (tertiary/aromatic N) is 2. The Morgan fingerprint density at radius 3 is 2.52 bits per heavy atom. The van der Waals surface area contributed by atoms with E-state index in [9.17, 15) is 9.59 Å². The Bertz CT molecular complexity index is 942. The van der Waals surface area contributed by atoms with Crippen molar-refractivity contribution in [1.29, 1.82) is 0 Å². The third-order valence-corrected chi connectivity index (χ3v) is 5.78. The normalized spacial score (nSPS) is 14.0. The predicted molar refractivity (Wildman–Crippen MR) is 126 cm³/mol. The number of nitrogens with one attached hydrogen (secondary N) is 1. The maximum Gasteiger partial charge on any atom is 0.247 e. The summed E-state index contributed by atoms with van der Waals surface area (Å²) in [7, 11) is 0. The lowest BCUT2D eigenvalue weighted by Crippen LogP contribution is -2.37. The molecule has 3 rings (SSSR count). The van der Waals surface area contributed by atoms with Crippen LogP contribution in [0.25, 0.3) is 6.08 Å². The number of rotatable bonds is 7. The Balaban J connectivity index is 1.55. The summed E-state index contributed by atoms with van der Waals surface area (Å²) >= 11 is 12.1. The van der Waals surface area contributed by atoms with E-state index in [0.29, 0.717) is 27.8 Å². The van der Waals surface area contributed by atoms with Gasteiger partial charge in [-0.3, -0.25) is 9.59 Å². The lowest BCUT2D eigenvalue weighted by Gasteiger charge is -2.29. The van der Waals surface area contributed by atoms with Crippen molar-refractivity contribution in [2.45, 2.75) is 6.92 Å². The Morgan fingerprint density at radius 2 is 1.84 bits per heavy atom. The second kappa shape index (κ2) is 11.2. The van der Waals surface area contributed by atoms with Gasteiger partial charge < -0.3 is 19.9 Å². The highest BCUT2D eigenvalue weighted by Gasteiger charge is 2.15. The highest BCUT2D eigenvalue weighted by atomic mass is 35.5. The maximum absolute atomic E-state index is 12.5. The van der Waals surface area contributed by atoms with Crippen LogP contribution < -0.4 is 10.2 Å². The van der Waals surface area contributed by atoms with Gasteiger partial charge in [0.1, 0.15) is 6.54 Å². The molecule has 164 valence electrons. The van der Waals surface area contributed by atoms with Crippen LogP contribution in [0.3, 0.4) is 0 Å². The minimum Gasteiger partial charge on any atom is -0.378 e. The van der Waals surface area contributed by atoms with E-state index in [4.69, 9.17) is 27.9 Å². The van der Waals surface area contributed by atoms with Gasteiger partial charge in [0.2, 0.25) is 11.8 Å². The Morgan fingerprint density at radius 1 is 1.13 bits per heavy atom. The van der Waals surface area contributed by atoms with Crippen molar-refractivity contribution < 1.29 is 14.3 Å². The molecule has 6 nitrogen and oxygen atoms in total. The van der Waals surface area contributed by atoms with E-state index in [-0.39, 0.29) is 18.4 Å². The minimum atomic E-state index is -0.281. The Labute approximate surface area is 192 Å². The number of amides is 2. The van der Waals surface area contributed by atoms with Gasteiger partial charge in [0.05, 0.1) is 23.3 Å². The molecule has 1 N–H and O–H groups in total. The summed E-state index contributed by atoms with van der Waals surface area (Å²) in [5, 5.41) is 3.65. The molecule has 0 unspecified atom stereocenters. The first-order valence-electron chi connectivity index (χ1n) is 10.1. The maximum atomic E-state index is 12.5. The highest BCUT2D eigenvalue weighted by molar-refractivity contribution is 6.42. The summed E-state index contributed by atoms with van der Waals surface area (Å²) in [5.41, 5.74) is 2.42. The standard InChI is InChI=1S/C23H25Cl2N3O3/c1-2-27(22(30)11-6-17-4-3-5-20(24)23(17)25)16-21(29)26-18-7-9-19(10-8-18)28-12-14-31-15-13-28/h3-11H,2,12-16H2,1H3,(H,26,29)/b11-6+. The first kappa shape index (κ1) is 23.1. The number of ether oxygens (including phenoxy) is 1. The van der Waals surface area contributed by atoms with Crippen molar-refractivity contribution in [2.75, 3.05) is 49.6 Å². The summed E-state index contributed by atoms with van der Waals surface area (Å²) in [6.45, 7) is 5.32. The van der Waals surface area contributed by atoms with Crippen molar-refractivity contribution >= 4 is 52.5 Å². The zero-order chi connectivity index (χ0) is 22.2. The van der Waals surface area contributed by atoms with E-state index in [1.165, 1.54) is 11.0 Å². The van der Waals surface area contributed by atoms with Crippen molar-refractivity contribution in [1.82, 2.24) is 4.90 Å². The molecule has 2 aromatic rings. The van der Waals surface area contributed by atoms with E-state index >= 15 is 0 Å². The van der Waals surface area contributed by atoms with Crippen LogP contribution in [0.4, 0.5) is 11.4 Å². The van der Waals surface area contributed by atoms with Gasteiger partial charge in [-0.05, 0) is 48.9 Å². The molecule has 31 heavy (non-hydrogen) atoms. The molecule has 1 aliphatic rings. The fourth-order valence-corrected chi connectivity index (χ4v) is 3.58. The molecule has 0 bridgehead atoms. The van der Waals surface area contributed by atoms with Crippen LogP contribution in [0.2, 0.25) is 10.0 Å². The molecule has 1 aliphatic heterocycles. The molecule has 1 heterocycles. The lowest BCUT2D eigenvalue weighted by molar-refractivity contribution is -0.130. The van der Waals surface area contributed by atoms with Gasteiger partial charge in [-0.15, -0.1) is 0 Å². The second-order valence-electron chi connectivity index (χ2n) is 7.02. The lowest BCUT2D eigenvalue weighted by atomic mass is 10.2. The van der Waals surface area contributed by atoms with Crippen molar-refractivity contribution in [3.05, 3.63) is 64.1 Å². The van der Waals surface area contributed by atoms with Crippen LogP contribution in [0.15, 0.2) is 48.5 Å². The fraction of sp³-hybridized carbons (Fsp3) is 0.304. The van der Waals surface area contributed by atoms with E-state index in [2.05, 4.69) is 10.2 Å². The number of hydrogen-bond acceptors (Lipinski definition) is 4. The largest absolute Gasteiger partial charge is 0.378 e. The first-order chi connectivity index (χ1) is 15.0. The van der Waals surface area contributed by atoms with Gasteiger partial charge >= 0.3 is 0 Å². The van der Waals surface area contributed by atoms with Crippen LogP contribution in [0.5, 0.6) is 0 Å². The number of carbonyl (C=O) groups excluding carboxylic acids is 2. The van der Waals surface area contributed by atoms with Crippen LogP contribution in [0.1, 0.15) is 12.5 Å². The molecule has 0 aromatic heterocycles. The number of benzene rings is 2. The number of anilines is 2. The van der Waals surface area contributed by atoms with E-state index < -0.39 is 0 Å². The minimum absolute atomic E-state index is 0.0475. The average Bonchev–Trinajstić information content (AvgIpc) is 2.79. The monoisotopic (exact) mass is 461 g/mol. The van der Waals surface area contributed by atoms with Crippen molar-refractivity contribution in [3.63, 3.8) is 0 Å². The summed E-state index contributed by atoms with van der Waals surface area (Å²) in [6.07, 6.45) is 2.99. The van der Waals surface area contributed by atoms with Gasteiger partial charge in [0.25, 0.3) is 0 Å². The highest BCUT2D eigenvalue weighted by Crippen LogP contribution is 2.26. The molecule has 1 saturated heterocycles. The van der Waals surface area contributed by atoms with Gasteiger partial charge in [-0.25, -0.2) is 0 Å². The molecule has 0 saturated carbocycles.